The van der Waals surface area contributed by atoms with Crippen LogP contribution in [0.2, 0.25) is 0 Å². The van der Waals surface area contributed by atoms with Gasteiger partial charge in [-0.25, -0.2) is 0 Å². The molecule has 1 amide bonds. The molecule has 0 atom stereocenters. The minimum absolute atomic E-state index is 0.0892. The normalized spacial score (nSPS) is 10.6. The summed E-state index contributed by atoms with van der Waals surface area (Å²) in [5, 5.41) is 15.3. The Hall–Kier alpha value is -2.67. The van der Waals surface area contributed by atoms with E-state index in [1.54, 1.807) is 4.68 Å². The maximum absolute atomic E-state index is 12.2. The Morgan fingerprint density at radius 1 is 1.08 bits per heavy atom. The van der Waals surface area contributed by atoms with Crippen LogP contribution in [0.5, 0.6) is 0 Å². The van der Waals surface area contributed by atoms with Crippen LogP contribution >= 0.6 is 11.8 Å². The highest BCUT2D eigenvalue weighted by atomic mass is 32.2. The Labute approximate surface area is 144 Å². The molecule has 1 N–H and O–H groups in total. The van der Waals surface area contributed by atoms with E-state index in [-0.39, 0.29) is 11.7 Å². The fraction of sp³-hybridized carbons (Fsp3) is 0.176. The SMILES string of the molecule is Cc1ccccc1NC(=O)CSc1nnnn1-c1ccccc1C. The summed E-state index contributed by atoms with van der Waals surface area (Å²) < 4.78 is 1.65. The number of tetrazole rings is 1. The number of amides is 1. The van der Waals surface area contributed by atoms with Gasteiger partial charge in [0, 0.05) is 5.69 Å². The molecule has 1 aromatic heterocycles. The number of hydrogen-bond acceptors (Lipinski definition) is 5. The largest absolute Gasteiger partial charge is 0.325 e. The van der Waals surface area contributed by atoms with Crippen molar-refractivity contribution in [2.75, 3.05) is 11.1 Å². The molecule has 0 saturated carbocycles. The number of aryl methyl sites for hydroxylation is 2. The van der Waals surface area contributed by atoms with Crippen LogP contribution < -0.4 is 5.32 Å². The van der Waals surface area contributed by atoms with Crippen molar-refractivity contribution < 1.29 is 4.79 Å². The van der Waals surface area contributed by atoms with Crippen LogP contribution in [0.3, 0.4) is 0 Å². The number of thioether (sulfide) groups is 1. The number of para-hydroxylation sites is 2. The van der Waals surface area contributed by atoms with Crippen LogP contribution in [-0.2, 0) is 4.79 Å². The summed E-state index contributed by atoms with van der Waals surface area (Å²) in [4.78, 5) is 12.2. The zero-order valence-electron chi connectivity index (χ0n) is 13.4. The van der Waals surface area contributed by atoms with Crippen LogP contribution in [0, 0.1) is 13.8 Å². The van der Waals surface area contributed by atoms with E-state index in [0.717, 1.165) is 22.5 Å². The van der Waals surface area contributed by atoms with Crippen molar-refractivity contribution in [3.63, 3.8) is 0 Å². The molecule has 3 rings (SSSR count). The summed E-state index contributed by atoms with van der Waals surface area (Å²) in [5.74, 6) is 0.147. The van der Waals surface area contributed by atoms with E-state index in [1.165, 1.54) is 11.8 Å². The Bertz CT molecular complexity index is 861. The number of anilines is 1. The molecule has 7 heteroatoms. The summed E-state index contributed by atoms with van der Waals surface area (Å²) in [6.45, 7) is 3.96. The maximum atomic E-state index is 12.2. The number of benzene rings is 2. The first-order chi connectivity index (χ1) is 11.6. The Kier molecular flexibility index (Phi) is 4.90. The lowest BCUT2D eigenvalue weighted by Crippen LogP contribution is -2.15. The van der Waals surface area contributed by atoms with Gasteiger partial charge in [0.2, 0.25) is 11.1 Å². The summed E-state index contributed by atoms with van der Waals surface area (Å²) >= 11 is 1.31. The van der Waals surface area contributed by atoms with Gasteiger partial charge in [0.15, 0.2) is 0 Å². The Morgan fingerprint density at radius 3 is 2.54 bits per heavy atom. The first kappa shape index (κ1) is 16.2. The van der Waals surface area contributed by atoms with Gasteiger partial charge in [-0.05, 0) is 47.5 Å². The fourth-order valence-electron chi connectivity index (χ4n) is 2.25. The minimum Gasteiger partial charge on any atom is -0.325 e. The van der Waals surface area contributed by atoms with Gasteiger partial charge in [-0.2, -0.15) is 4.68 Å². The second-order valence-electron chi connectivity index (χ2n) is 5.31. The molecule has 0 spiro atoms. The van der Waals surface area contributed by atoms with Gasteiger partial charge in [-0.15, -0.1) is 5.10 Å². The molecule has 122 valence electrons. The zero-order chi connectivity index (χ0) is 16.9. The van der Waals surface area contributed by atoms with E-state index < -0.39 is 0 Å². The van der Waals surface area contributed by atoms with Crippen molar-refractivity contribution in [3.8, 4) is 5.69 Å². The third-order valence-corrected chi connectivity index (χ3v) is 4.46. The molecule has 0 radical (unpaired) electrons. The highest BCUT2D eigenvalue weighted by molar-refractivity contribution is 7.99. The van der Waals surface area contributed by atoms with Crippen molar-refractivity contribution in [1.29, 1.82) is 0 Å². The smallest absolute Gasteiger partial charge is 0.234 e. The molecule has 24 heavy (non-hydrogen) atoms. The van der Waals surface area contributed by atoms with E-state index in [4.69, 9.17) is 0 Å². The first-order valence-corrected chi connectivity index (χ1v) is 8.46. The molecule has 3 aromatic rings. The lowest BCUT2D eigenvalue weighted by molar-refractivity contribution is -0.113. The molecular weight excluding hydrogens is 322 g/mol. The number of nitrogens with zero attached hydrogens (tertiary/aromatic N) is 4. The van der Waals surface area contributed by atoms with Gasteiger partial charge in [-0.3, -0.25) is 4.79 Å². The van der Waals surface area contributed by atoms with Crippen LogP contribution in [0.25, 0.3) is 5.69 Å². The van der Waals surface area contributed by atoms with Crippen LogP contribution in [0.1, 0.15) is 11.1 Å². The number of carbonyl (C=O) groups is 1. The monoisotopic (exact) mass is 339 g/mol. The van der Waals surface area contributed by atoms with Crippen LogP contribution in [0.4, 0.5) is 5.69 Å². The maximum Gasteiger partial charge on any atom is 0.234 e. The number of rotatable bonds is 5. The van der Waals surface area contributed by atoms with Gasteiger partial charge in [0.05, 0.1) is 11.4 Å². The minimum atomic E-state index is -0.0892. The molecule has 0 unspecified atom stereocenters. The van der Waals surface area contributed by atoms with Gasteiger partial charge < -0.3 is 5.32 Å². The Morgan fingerprint density at radius 2 is 1.79 bits per heavy atom. The van der Waals surface area contributed by atoms with E-state index in [2.05, 4.69) is 20.8 Å². The van der Waals surface area contributed by atoms with Crippen molar-refractivity contribution in [2.24, 2.45) is 0 Å². The highest BCUT2D eigenvalue weighted by Crippen LogP contribution is 2.21. The average molecular weight is 339 g/mol. The van der Waals surface area contributed by atoms with E-state index in [9.17, 15) is 4.79 Å². The number of hydrogen-bond donors (Lipinski definition) is 1. The zero-order valence-corrected chi connectivity index (χ0v) is 14.2. The summed E-state index contributed by atoms with van der Waals surface area (Å²) in [6, 6.07) is 15.5. The molecule has 0 aliphatic carbocycles. The Balaban J connectivity index is 1.68. The van der Waals surface area contributed by atoms with Crippen molar-refractivity contribution in [2.45, 2.75) is 19.0 Å². The van der Waals surface area contributed by atoms with Crippen molar-refractivity contribution >= 4 is 23.4 Å². The summed E-state index contributed by atoms with van der Waals surface area (Å²) in [7, 11) is 0. The molecule has 0 aliphatic heterocycles. The standard InChI is InChI=1S/C17H17N5OS/c1-12-7-3-5-9-14(12)18-16(23)11-24-17-19-20-21-22(17)15-10-6-4-8-13(15)2/h3-10H,11H2,1-2H3,(H,18,23). The van der Waals surface area contributed by atoms with Gasteiger partial charge in [-0.1, -0.05) is 48.2 Å². The van der Waals surface area contributed by atoms with Crippen LogP contribution in [0.15, 0.2) is 53.7 Å². The third-order valence-electron chi connectivity index (χ3n) is 3.54. The predicted octanol–water partition coefficient (Wildman–Crippen LogP) is 3.01. The van der Waals surface area contributed by atoms with Crippen molar-refractivity contribution in [1.82, 2.24) is 20.2 Å². The molecule has 0 fully saturated rings. The number of aromatic nitrogens is 4. The first-order valence-electron chi connectivity index (χ1n) is 7.48. The molecule has 0 saturated heterocycles. The van der Waals surface area contributed by atoms with Crippen LogP contribution in [-0.4, -0.2) is 31.9 Å². The molecule has 0 bridgehead atoms. The molecule has 0 aliphatic rings. The lowest BCUT2D eigenvalue weighted by atomic mass is 10.2. The highest BCUT2D eigenvalue weighted by Gasteiger charge is 2.13. The third kappa shape index (κ3) is 3.62. The van der Waals surface area contributed by atoms with E-state index in [1.807, 2.05) is 62.4 Å². The predicted molar refractivity (Wildman–Crippen MR) is 94.4 cm³/mol. The molecule has 6 nitrogen and oxygen atoms in total. The molecule has 2 aromatic carbocycles. The average Bonchev–Trinajstić information content (AvgIpc) is 3.04. The van der Waals surface area contributed by atoms with Gasteiger partial charge >= 0.3 is 0 Å². The topological polar surface area (TPSA) is 72.7 Å². The van der Waals surface area contributed by atoms with Crippen molar-refractivity contribution in [3.05, 3.63) is 59.7 Å². The second-order valence-corrected chi connectivity index (χ2v) is 6.25. The molecular formula is C17H17N5OS. The second kappa shape index (κ2) is 7.27. The quantitative estimate of drug-likeness (QED) is 0.724. The van der Waals surface area contributed by atoms with E-state index in [0.29, 0.717) is 5.16 Å². The summed E-state index contributed by atoms with van der Waals surface area (Å²) in [5.41, 5.74) is 3.82. The fourth-order valence-corrected chi connectivity index (χ4v) is 2.93. The van der Waals surface area contributed by atoms with E-state index >= 15 is 0 Å². The van der Waals surface area contributed by atoms with Gasteiger partial charge in [0.25, 0.3) is 0 Å². The lowest BCUT2D eigenvalue weighted by Gasteiger charge is -2.08. The van der Waals surface area contributed by atoms with Gasteiger partial charge in [0.1, 0.15) is 0 Å². The summed E-state index contributed by atoms with van der Waals surface area (Å²) in [6.07, 6.45) is 0. The number of nitrogens with one attached hydrogen (secondary N) is 1. The molecule has 1 heterocycles. The number of carbonyl (C=O) groups excluding carboxylic acids is 1.